The van der Waals surface area contributed by atoms with E-state index in [2.05, 4.69) is 30.8 Å². The Morgan fingerprint density at radius 1 is 1.37 bits per heavy atom. The van der Waals surface area contributed by atoms with Crippen molar-refractivity contribution in [3.05, 3.63) is 23.2 Å². The van der Waals surface area contributed by atoms with E-state index >= 15 is 0 Å². The van der Waals surface area contributed by atoms with Crippen molar-refractivity contribution >= 4 is 5.97 Å². The number of hydrogen-bond donors (Lipinski definition) is 1. The van der Waals surface area contributed by atoms with Crippen LogP contribution < -0.4 is 0 Å². The molecular weight excluding hydrogens is 244 g/mol. The molecule has 0 fully saturated rings. The molecule has 0 saturated heterocycles. The maximum Gasteiger partial charge on any atom is 0.371 e. The number of furan rings is 1. The minimum atomic E-state index is -1.01. The van der Waals surface area contributed by atoms with Gasteiger partial charge in [-0.1, -0.05) is 6.92 Å². The fraction of sp³-hybridized carbons (Fsp3) is 0.643. The highest BCUT2D eigenvalue weighted by molar-refractivity contribution is 5.84. The maximum atomic E-state index is 10.9. The third-order valence-electron chi connectivity index (χ3n) is 3.15. The lowest BCUT2D eigenvalue weighted by Gasteiger charge is -2.21. The van der Waals surface area contributed by atoms with Gasteiger partial charge in [-0.05, 0) is 53.1 Å². The van der Waals surface area contributed by atoms with Gasteiger partial charge in [0.1, 0.15) is 5.76 Å². The van der Waals surface area contributed by atoms with E-state index in [4.69, 9.17) is 9.52 Å². The van der Waals surface area contributed by atoms with Gasteiger partial charge in [0, 0.05) is 12.1 Å². The molecule has 0 amide bonds. The van der Waals surface area contributed by atoms with Crippen molar-refractivity contribution < 1.29 is 14.3 Å². The molecule has 0 saturated carbocycles. The van der Waals surface area contributed by atoms with E-state index < -0.39 is 5.97 Å². The monoisotopic (exact) mass is 268 g/mol. The number of nitrogens with zero attached hydrogens (tertiary/aromatic N) is 2. The van der Waals surface area contributed by atoms with Gasteiger partial charge < -0.3 is 14.4 Å². The Labute approximate surface area is 114 Å². The minimum absolute atomic E-state index is 0.0249. The second kappa shape index (κ2) is 7.31. The summed E-state index contributed by atoms with van der Waals surface area (Å²) < 4.78 is 5.23. The first-order chi connectivity index (χ1) is 8.93. The SMILES string of the molecule is CCN(CCCN(C)C)Cc1cc(C(=O)O)oc1C. The van der Waals surface area contributed by atoms with E-state index in [1.807, 2.05) is 6.92 Å². The van der Waals surface area contributed by atoms with Gasteiger partial charge in [-0.3, -0.25) is 4.90 Å². The van der Waals surface area contributed by atoms with E-state index in [0.29, 0.717) is 5.76 Å². The largest absolute Gasteiger partial charge is 0.475 e. The quantitative estimate of drug-likeness (QED) is 0.782. The van der Waals surface area contributed by atoms with Crippen molar-refractivity contribution in [3.8, 4) is 0 Å². The second-order valence-electron chi connectivity index (χ2n) is 5.02. The highest BCUT2D eigenvalue weighted by Crippen LogP contribution is 2.17. The molecule has 1 aromatic heterocycles. The Kier molecular flexibility index (Phi) is 6.05. The van der Waals surface area contributed by atoms with Crippen LogP contribution in [0.25, 0.3) is 0 Å². The van der Waals surface area contributed by atoms with Gasteiger partial charge >= 0.3 is 5.97 Å². The maximum absolute atomic E-state index is 10.9. The van der Waals surface area contributed by atoms with E-state index in [0.717, 1.165) is 38.2 Å². The van der Waals surface area contributed by atoms with E-state index in [9.17, 15) is 4.79 Å². The van der Waals surface area contributed by atoms with Gasteiger partial charge in [0.2, 0.25) is 5.76 Å². The number of carboxylic acids is 1. The van der Waals surface area contributed by atoms with Gasteiger partial charge in [-0.15, -0.1) is 0 Å². The predicted octanol–water partition coefficient (Wildman–Crippen LogP) is 2.06. The summed E-state index contributed by atoms with van der Waals surface area (Å²) in [7, 11) is 4.13. The van der Waals surface area contributed by atoms with Crippen LogP contribution in [0.15, 0.2) is 10.5 Å². The van der Waals surface area contributed by atoms with Crippen molar-refractivity contribution in [3.63, 3.8) is 0 Å². The van der Waals surface area contributed by atoms with Crippen LogP contribution in [0.3, 0.4) is 0 Å². The molecule has 19 heavy (non-hydrogen) atoms. The van der Waals surface area contributed by atoms with Crippen LogP contribution in [-0.2, 0) is 6.54 Å². The van der Waals surface area contributed by atoms with Gasteiger partial charge in [0.25, 0.3) is 0 Å². The molecule has 0 spiro atoms. The Bertz CT molecular complexity index is 413. The molecule has 0 aliphatic carbocycles. The lowest BCUT2D eigenvalue weighted by Crippen LogP contribution is -2.27. The van der Waals surface area contributed by atoms with Crippen LogP contribution in [0.4, 0.5) is 0 Å². The first-order valence-electron chi connectivity index (χ1n) is 6.63. The molecule has 1 aromatic rings. The zero-order valence-corrected chi connectivity index (χ0v) is 12.3. The van der Waals surface area contributed by atoms with Crippen molar-refractivity contribution in [2.45, 2.75) is 26.8 Å². The Balaban J connectivity index is 2.57. The normalized spacial score (nSPS) is 11.5. The fourth-order valence-electron chi connectivity index (χ4n) is 1.98. The van der Waals surface area contributed by atoms with Crippen LogP contribution in [0.1, 0.15) is 35.2 Å². The summed E-state index contributed by atoms with van der Waals surface area (Å²) in [4.78, 5) is 15.3. The zero-order chi connectivity index (χ0) is 14.4. The van der Waals surface area contributed by atoms with Crippen molar-refractivity contribution in [2.24, 2.45) is 0 Å². The fourth-order valence-corrected chi connectivity index (χ4v) is 1.98. The zero-order valence-electron chi connectivity index (χ0n) is 12.3. The van der Waals surface area contributed by atoms with Gasteiger partial charge in [0.15, 0.2) is 0 Å². The summed E-state index contributed by atoms with van der Waals surface area (Å²) in [5.74, 6) is -0.287. The van der Waals surface area contributed by atoms with Crippen LogP contribution in [-0.4, -0.2) is 54.6 Å². The molecule has 0 bridgehead atoms. The number of carboxylic acid groups (broad SMARTS) is 1. The van der Waals surface area contributed by atoms with Crippen molar-refractivity contribution in [2.75, 3.05) is 33.7 Å². The number of rotatable bonds is 8. The van der Waals surface area contributed by atoms with Crippen LogP contribution in [0.2, 0.25) is 0 Å². The molecule has 5 nitrogen and oxygen atoms in total. The molecule has 1 heterocycles. The molecule has 0 unspecified atom stereocenters. The molecule has 0 aliphatic heterocycles. The lowest BCUT2D eigenvalue weighted by molar-refractivity contribution is 0.0661. The van der Waals surface area contributed by atoms with E-state index in [1.165, 1.54) is 0 Å². The van der Waals surface area contributed by atoms with Gasteiger partial charge in [-0.2, -0.15) is 0 Å². The van der Waals surface area contributed by atoms with E-state index in [-0.39, 0.29) is 5.76 Å². The minimum Gasteiger partial charge on any atom is -0.475 e. The summed E-state index contributed by atoms with van der Waals surface area (Å²) in [6.07, 6.45) is 1.10. The van der Waals surface area contributed by atoms with Gasteiger partial charge in [-0.25, -0.2) is 4.79 Å². The summed E-state index contributed by atoms with van der Waals surface area (Å²) in [6.45, 7) is 7.68. The predicted molar refractivity (Wildman–Crippen MR) is 74.5 cm³/mol. The Morgan fingerprint density at radius 2 is 2.05 bits per heavy atom. The first kappa shape index (κ1) is 15.7. The molecule has 0 radical (unpaired) electrons. The molecule has 1 N–H and O–H groups in total. The van der Waals surface area contributed by atoms with Crippen molar-refractivity contribution in [1.82, 2.24) is 9.80 Å². The highest BCUT2D eigenvalue weighted by atomic mass is 16.4. The molecule has 108 valence electrons. The average molecular weight is 268 g/mol. The lowest BCUT2D eigenvalue weighted by atomic mass is 10.2. The summed E-state index contributed by atoms with van der Waals surface area (Å²) in [5, 5.41) is 8.90. The second-order valence-corrected chi connectivity index (χ2v) is 5.02. The topological polar surface area (TPSA) is 56.9 Å². The van der Waals surface area contributed by atoms with Crippen LogP contribution >= 0.6 is 0 Å². The molecule has 0 aromatic carbocycles. The Hall–Kier alpha value is -1.33. The Morgan fingerprint density at radius 3 is 2.53 bits per heavy atom. The van der Waals surface area contributed by atoms with Crippen LogP contribution in [0.5, 0.6) is 0 Å². The van der Waals surface area contributed by atoms with Crippen LogP contribution in [0, 0.1) is 6.92 Å². The summed E-state index contributed by atoms with van der Waals surface area (Å²) >= 11 is 0. The highest BCUT2D eigenvalue weighted by Gasteiger charge is 2.15. The number of aryl methyl sites for hydroxylation is 1. The number of hydrogen-bond acceptors (Lipinski definition) is 4. The summed E-state index contributed by atoms with van der Waals surface area (Å²) in [5.41, 5.74) is 0.962. The molecular formula is C14H24N2O3. The average Bonchev–Trinajstić information content (AvgIpc) is 2.69. The molecule has 1 rings (SSSR count). The third-order valence-corrected chi connectivity index (χ3v) is 3.15. The molecule has 0 atom stereocenters. The number of aromatic carboxylic acids is 1. The third kappa shape index (κ3) is 5.04. The summed E-state index contributed by atoms with van der Waals surface area (Å²) in [6, 6.07) is 1.63. The van der Waals surface area contributed by atoms with Gasteiger partial charge in [0.05, 0.1) is 0 Å². The number of carbonyl (C=O) groups is 1. The van der Waals surface area contributed by atoms with Crippen molar-refractivity contribution in [1.29, 1.82) is 0 Å². The standard InChI is InChI=1S/C14H24N2O3/c1-5-16(8-6-7-15(3)4)10-12-9-13(14(17)18)19-11(12)2/h9H,5-8,10H2,1-4H3,(H,17,18). The molecule has 5 heteroatoms. The smallest absolute Gasteiger partial charge is 0.371 e. The van der Waals surface area contributed by atoms with E-state index in [1.54, 1.807) is 6.07 Å². The first-order valence-corrected chi connectivity index (χ1v) is 6.63. The molecule has 0 aliphatic rings.